The molecule has 10 aromatic rings. The van der Waals surface area contributed by atoms with Crippen molar-refractivity contribution in [3.8, 4) is 50.2 Å². The molecule has 0 aliphatic rings. The molecule has 0 aliphatic heterocycles. The number of anilines is 3. The lowest BCUT2D eigenvalue weighted by Crippen LogP contribution is -2.10. The molecule has 0 saturated carbocycles. The molecule has 0 aliphatic carbocycles. The smallest absolute Gasteiger partial charge is 0.0645 e. The maximum absolute atomic E-state index is 9.70. The maximum Gasteiger partial charge on any atom is 0.0645 e. The number of fused-ring (bicyclic) bond motifs is 3. The summed E-state index contributed by atoms with van der Waals surface area (Å²) in [6.07, 6.45) is 0. The summed E-state index contributed by atoms with van der Waals surface area (Å²) in [5, 5.41) is 2.02. The predicted molar refractivity (Wildman–Crippen MR) is 237 cm³/mol. The third-order valence-electron chi connectivity index (χ3n) is 10.5. The van der Waals surface area contributed by atoms with Crippen molar-refractivity contribution in [1.82, 2.24) is 4.57 Å². The van der Waals surface area contributed by atoms with E-state index in [0.29, 0.717) is 16.9 Å². The molecule has 10 rings (SSSR count). The Morgan fingerprint density at radius 3 is 1.52 bits per heavy atom. The molecule has 0 amide bonds. The van der Waals surface area contributed by atoms with Gasteiger partial charge in [-0.2, -0.15) is 0 Å². The van der Waals surface area contributed by atoms with Crippen molar-refractivity contribution in [1.29, 1.82) is 0 Å². The fraction of sp³-hybridized carbons (Fsp3) is 0. The van der Waals surface area contributed by atoms with Crippen molar-refractivity contribution in [2.75, 3.05) is 4.90 Å². The second-order valence-corrected chi connectivity index (χ2v) is 13.9. The van der Waals surface area contributed by atoms with Crippen molar-refractivity contribution < 1.29 is 5.48 Å². The van der Waals surface area contributed by atoms with Crippen LogP contribution in [0.25, 0.3) is 72.0 Å². The van der Waals surface area contributed by atoms with Gasteiger partial charge in [0, 0.05) is 33.5 Å². The molecular formula is C54H38N2. The SMILES string of the molecule is [2H]c1c([2H])c(N(c2ccc(-c3ccccc3)cc2)c2ccc(-c3ccccc3)c(-c3ccccc3)c2)c([2H])c([2H])c1-c1ccc2c(c1)c1ccccc1n2-c1ccccc1. The van der Waals surface area contributed by atoms with Gasteiger partial charge in [-0.25, -0.2) is 0 Å². The molecule has 0 atom stereocenters. The highest BCUT2D eigenvalue weighted by atomic mass is 15.1. The van der Waals surface area contributed by atoms with E-state index in [1.165, 1.54) is 0 Å². The van der Waals surface area contributed by atoms with E-state index < -0.39 is 0 Å². The van der Waals surface area contributed by atoms with Crippen LogP contribution in [0.15, 0.2) is 230 Å². The number of rotatable bonds is 8. The molecule has 1 heterocycles. The first kappa shape index (κ1) is 29.0. The highest BCUT2D eigenvalue weighted by molar-refractivity contribution is 6.10. The lowest BCUT2D eigenvalue weighted by Gasteiger charge is -2.27. The highest BCUT2D eigenvalue weighted by Gasteiger charge is 2.18. The normalized spacial score (nSPS) is 12.2. The van der Waals surface area contributed by atoms with Gasteiger partial charge in [0.15, 0.2) is 0 Å². The fourth-order valence-electron chi connectivity index (χ4n) is 7.78. The summed E-state index contributed by atoms with van der Waals surface area (Å²) in [6.45, 7) is 0. The summed E-state index contributed by atoms with van der Waals surface area (Å²) in [5.74, 6) is 0. The molecule has 0 saturated heterocycles. The Hall–Kier alpha value is -7.42. The van der Waals surface area contributed by atoms with Crippen molar-refractivity contribution in [3.63, 3.8) is 0 Å². The standard InChI is InChI=1S/C54H38N2/c1-5-15-39(16-6-1)40-25-30-46(31-26-40)55(48-34-35-49(42-17-7-2-8-18-42)51(38-48)43-19-9-3-10-20-43)47-32-27-41(28-33-47)44-29-36-54-52(37-44)50-23-13-14-24-53(50)56(54)45-21-11-4-12-22-45/h1-38H/i27D,28D,32D,33D. The van der Waals surface area contributed by atoms with Gasteiger partial charge in [0.1, 0.15) is 0 Å². The zero-order valence-electron chi connectivity index (χ0n) is 34.5. The van der Waals surface area contributed by atoms with Crippen LogP contribution in [-0.2, 0) is 0 Å². The first-order valence-electron chi connectivity index (χ1n) is 20.9. The van der Waals surface area contributed by atoms with E-state index in [0.717, 1.165) is 60.9 Å². The summed E-state index contributed by atoms with van der Waals surface area (Å²) < 4.78 is 40.8. The van der Waals surface area contributed by atoms with Gasteiger partial charge in [-0.3, -0.25) is 0 Å². The third kappa shape index (κ3) is 6.14. The van der Waals surface area contributed by atoms with Gasteiger partial charge in [-0.1, -0.05) is 164 Å². The minimum atomic E-state index is -0.127. The Bertz CT molecular complexity index is 3140. The summed E-state index contributed by atoms with van der Waals surface area (Å²) in [6, 6.07) is 68.9. The summed E-state index contributed by atoms with van der Waals surface area (Å²) >= 11 is 0. The van der Waals surface area contributed by atoms with E-state index in [-0.39, 0.29) is 35.4 Å². The van der Waals surface area contributed by atoms with Crippen molar-refractivity contribution in [3.05, 3.63) is 230 Å². The molecule has 0 radical (unpaired) electrons. The van der Waals surface area contributed by atoms with E-state index in [9.17, 15) is 5.48 Å². The molecule has 56 heavy (non-hydrogen) atoms. The first-order valence-corrected chi connectivity index (χ1v) is 18.9. The molecule has 2 heteroatoms. The topological polar surface area (TPSA) is 8.17 Å². The minimum Gasteiger partial charge on any atom is -0.310 e. The average Bonchev–Trinajstić information content (AvgIpc) is 3.64. The van der Waals surface area contributed by atoms with Crippen LogP contribution in [0.4, 0.5) is 17.1 Å². The molecule has 9 aromatic carbocycles. The Labute approximate surface area is 333 Å². The number of aromatic nitrogens is 1. The van der Waals surface area contributed by atoms with Crippen molar-refractivity contribution >= 4 is 38.9 Å². The minimum absolute atomic E-state index is 0.104. The summed E-state index contributed by atoms with van der Waals surface area (Å²) in [7, 11) is 0. The van der Waals surface area contributed by atoms with Gasteiger partial charge in [-0.05, 0) is 111 Å². The molecule has 0 unspecified atom stereocenters. The average molecular weight is 719 g/mol. The lowest BCUT2D eigenvalue weighted by atomic mass is 9.93. The van der Waals surface area contributed by atoms with Crippen LogP contribution in [0.3, 0.4) is 0 Å². The molecule has 0 bridgehead atoms. The van der Waals surface area contributed by atoms with Gasteiger partial charge < -0.3 is 9.47 Å². The Morgan fingerprint density at radius 2 is 0.839 bits per heavy atom. The first-order chi connectivity index (χ1) is 29.5. The van der Waals surface area contributed by atoms with Crippen molar-refractivity contribution in [2.24, 2.45) is 0 Å². The fourth-order valence-corrected chi connectivity index (χ4v) is 7.78. The van der Waals surface area contributed by atoms with Crippen LogP contribution < -0.4 is 4.90 Å². The lowest BCUT2D eigenvalue weighted by molar-refractivity contribution is 1.18. The highest BCUT2D eigenvalue weighted by Crippen LogP contribution is 2.42. The Morgan fingerprint density at radius 1 is 0.321 bits per heavy atom. The maximum atomic E-state index is 9.70. The summed E-state index contributed by atoms with van der Waals surface area (Å²) in [4.78, 5) is 1.87. The van der Waals surface area contributed by atoms with Crippen LogP contribution in [-0.4, -0.2) is 4.57 Å². The zero-order chi connectivity index (χ0) is 40.7. The van der Waals surface area contributed by atoms with Crippen LogP contribution in [0.2, 0.25) is 0 Å². The predicted octanol–water partition coefficient (Wildman–Crippen LogP) is 14.9. The van der Waals surface area contributed by atoms with E-state index in [1.54, 1.807) is 0 Å². The second-order valence-electron chi connectivity index (χ2n) is 13.9. The van der Waals surface area contributed by atoms with E-state index in [1.807, 2.05) is 138 Å². The van der Waals surface area contributed by atoms with Crippen molar-refractivity contribution in [2.45, 2.75) is 0 Å². The summed E-state index contributed by atoms with van der Waals surface area (Å²) in [5.41, 5.74) is 11.8. The van der Waals surface area contributed by atoms with Crippen LogP contribution >= 0.6 is 0 Å². The monoisotopic (exact) mass is 718 g/mol. The second kappa shape index (κ2) is 14.4. The van der Waals surface area contributed by atoms with Gasteiger partial charge in [0.2, 0.25) is 0 Å². The van der Waals surface area contributed by atoms with Gasteiger partial charge in [-0.15, -0.1) is 0 Å². The molecule has 0 N–H and O–H groups in total. The number of para-hydroxylation sites is 2. The molecule has 1 aromatic heterocycles. The Balaban J connectivity index is 1.17. The number of nitrogens with zero attached hydrogens (tertiary/aromatic N) is 2. The molecule has 0 fully saturated rings. The van der Waals surface area contributed by atoms with Crippen LogP contribution in [0, 0.1) is 0 Å². The molecule has 0 spiro atoms. The van der Waals surface area contributed by atoms with E-state index in [2.05, 4.69) is 77.4 Å². The number of benzene rings is 9. The van der Waals surface area contributed by atoms with Gasteiger partial charge in [0.25, 0.3) is 0 Å². The molecule has 2 nitrogen and oxygen atoms in total. The zero-order valence-corrected chi connectivity index (χ0v) is 30.5. The number of hydrogen-bond donors (Lipinski definition) is 0. The van der Waals surface area contributed by atoms with Gasteiger partial charge >= 0.3 is 0 Å². The largest absolute Gasteiger partial charge is 0.310 e. The van der Waals surface area contributed by atoms with Gasteiger partial charge in [0.05, 0.1) is 16.5 Å². The van der Waals surface area contributed by atoms with E-state index in [4.69, 9.17) is 0 Å². The number of hydrogen-bond acceptors (Lipinski definition) is 1. The molecular weight excluding hydrogens is 677 g/mol. The third-order valence-corrected chi connectivity index (χ3v) is 10.5. The van der Waals surface area contributed by atoms with Crippen LogP contribution in [0.1, 0.15) is 5.48 Å². The van der Waals surface area contributed by atoms with Crippen LogP contribution in [0.5, 0.6) is 0 Å². The quantitative estimate of drug-likeness (QED) is 0.152. The molecule has 264 valence electrons. The Kier molecular flexibility index (Phi) is 7.47. The van der Waals surface area contributed by atoms with E-state index >= 15 is 0 Å².